The van der Waals surface area contributed by atoms with Crippen molar-refractivity contribution in [1.29, 1.82) is 0 Å². The standard InChI is InChI=1S/C27H41NO5S/c1-15-8-7-9-19-11-20(19)12-22(16(2)10-21-14-34-18(4)28-21)33-24(30)13-23(29)27(5,6)26(32)17(3)25(15)31/h10,14-15,17,19-20,22-23,25,29,31H,7-9,11-13H2,1-6H3/b16-10+/t15-,17+,19-,20?,22-,23-,25-/m0/s1. The smallest absolute Gasteiger partial charge is 0.309 e. The number of cyclic esters (lactones) is 1. The molecule has 0 spiro atoms. The zero-order valence-electron chi connectivity index (χ0n) is 21.4. The number of rotatable bonds is 2. The molecule has 34 heavy (non-hydrogen) atoms. The lowest BCUT2D eigenvalue weighted by molar-refractivity contribution is -0.154. The fourth-order valence-corrected chi connectivity index (χ4v) is 5.79. The zero-order valence-corrected chi connectivity index (χ0v) is 22.2. The van der Waals surface area contributed by atoms with Crippen molar-refractivity contribution >= 4 is 29.2 Å². The van der Waals surface area contributed by atoms with Crippen LogP contribution in [0.4, 0.5) is 0 Å². The molecule has 7 atom stereocenters. The molecule has 1 saturated heterocycles. The first-order chi connectivity index (χ1) is 15.9. The van der Waals surface area contributed by atoms with Crippen LogP contribution in [0.15, 0.2) is 11.0 Å². The van der Waals surface area contributed by atoms with Crippen molar-refractivity contribution < 1.29 is 24.5 Å². The van der Waals surface area contributed by atoms with Gasteiger partial charge in [0.25, 0.3) is 0 Å². The van der Waals surface area contributed by atoms with Crippen LogP contribution in [0.1, 0.15) is 83.8 Å². The molecule has 6 nitrogen and oxygen atoms in total. The Balaban J connectivity index is 1.81. The number of aromatic nitrogens is 1. The number of carbonyl (C=O) groups is 2. The van der Waals surface area contributed by atoms with Crippen molar-refractivity contribution in [3.8, 4) is 0 Å². The van der Waals surface area contributed by atoms with E-state index in [2.05, 4.69) is 4.98 Å². The van der Waals surface area contributed by atoms with Crippen molar-refractivity contribution in [1.82, 2.24) is 4.98 Å². The van der Waals surface area contributed by atoms with Gasteiger partial charge in [0.05, 0.1) is 34.7 Å². The fourth-order valence-electron chi connectivity index (χ4n) is 5.22. The first kappa shape index (κ1) is 27.0. The van der Waals surface area contributed by atoms with Crippen molar-refractivity contribution in [2.24, 2.45) is 29.1 Å². The SMILES string of the molecule is C/C(=C\c1csc(C)n1)[C@@H]1CC2C[C@@H]2CCC[C@H](C)[C@H](O)[C@@H](C)C(=O)C(C)(C)[C@@H](O)CC(=O)O1. The molecule has 2 fully saturated rings. The predicted octanol–water partition coefficient (Wildman–Crippen LogP) is 4.96. The summed E-state index contributed by atoms with van der Waals surface area (Å²) in [6, 6.07) is 0. The molecule has 0 amide bonds. The molecule has 1 aliphatic carbocycles. The van der Waals surface area contributed by atoms with Crippen LogP contribution in [0.25, 0.3) is 6.08 Å². The van der Waals surface area contributed by atoms with Crippen molar-refractivity contribution in [2.75, 3.05) is 0 Å². The van der Waals surface area contributed by atoms with Gasteiger partial charge in [0.1, 0.15) is 11.9 Å². The lowest BCUT2D eigenvalue weighted by atomic mass is 9.73. The highest BCUT2D eigenvalue weighted by molar-refractivity contribution is 7.09. The fraction of sp³-hybridized carbons (Fsp3) is 0.741. The minimum absolute atomic E-state index is 0.00135. The van der Waals surface area contributed by atoms with E-state index in [1.54, 1.807) is 32.1 Å². The Morgan fingerprint density at radius 1 is 1.18 bits per heavy atom. The van der Waals surface area contributed by atoms with Gasteiger partial charge in [-0.3, -0.25) is 9.59 Å². The number of esters is 1. The Morgan fingerprint density at radius 3 is 2.53 bits per heavy atom. The summed E-state index contributed by atoms with van der Waals surface area (Å²) < 4.78 is 5.90. The second kappa shape index (κ2) is 11.0. The maximum absolute atomic E-state index is 13.2. The number of hydrogen-bond donors (Lipinski definition) is 2. The average molecular weight is 492 g/mol. The summed E-state index contributed by atoms with van der Waals surface area (Å²) in [6.07, 6.45) is 4.23. The van der Waals surface area contributed by atoms with Gasteiger partial charge in [0.2, 0.25) is 0 Å². The van der Waals surface area contributed by atoms with Gasteiger partial charge in [-0.2, -0.15) is 0 Å². The molecular weight excluding hydrogens is 450 g/mol. The first-order valence-electron chi connectivity index (χ1n) is 12.6. The second-order valence-electron chi connectivity index (χ2n) is 11.1. The highest BCUT2D eigenvalue weighted by atomic mass is 32.1. The Hall–Kier alpha value is -1.57. The van der Waals surface area contributed by atoms with Crippen LogP contribution in [0.3, 0.4) is 0 Å². The quantitative estimate of drug-likeness (QED) is 0.568. The largest absolute Gasteiger partial charge is 0.458 e. The van der Waals surface area contributed by atoms with E-state index in [0.29, 0.717) is 11.8 Å². The number of ketones is 1. The molecule has 190 valence electrons. The van der Waals surface area contributed by atoms with Gasteiger partial charge in [0.15, 0.2) is 0 Å². The molecule has 1 saturated carbocycles. The Bertz CT molecular complexity index is 907. The maximum Gasteiger partial charge on any atom is 0.309 e. The number of thiazole rings is 1. The molecule has 0 radical (unpaired) electrons. The van der Waals surface area contributed by atoms with Gasteiger partial charge >= 0.3 is 5.97 Å². The van der Waals surface area contributed by atoms with Crippen LogP contribution in [-0.2, 0) is 14.3 Å². The molecule has 7 heteroatoms. The Kier molecular flexibility index (Phi) is 8.75. The summed E-state index contributed by atoms with van der Waals surface area (Å²) in [7, 11) is 0. The highest BCUT2D eigenvalue weighted by Gasteiger charge is 2.43. The topological polar surface area (TPSA) is 96.7 Å². The van der Waals surface area contributed by atoms with Gasteiger partial charge in [-0.15, -0.1) is 11.3 Å². The van der Waals surface area contributed by atoms with E-state index in [1.807, 2.05) is 32.2 Å². The maximum atomic E-state index is 13.2. The van der Waals surface area contributed by atoms with Gasteiger partial charge < -0.3 is 14.9 Å². The summed E-state index contributed by atoms with van der Waals surface area (Å²) in [5, 5.41) is 24.6. The minimum Gasteiger partial charge on any atom is -0.458 e. The molecule has 1 aromatic heterocycles. The lowest BCUT2D eigenvalue weighted by Gasteiger charge is -2.34. The molecule has 0 aromatic carbocycles. The minimum atomic E-state index is -1.19. The summed E-state index contributed by atoms with van der Waals surface area (Å²) in [5.74, 6) is -0.234. The van der Waals surface area contributed by atoms with Gasteiger partial charge in [0, 0.05) is 11.3 Å². The van der Waals surface area contributed by atoms with Crippen LogP contribution < -0.4 is 0 Å². The Morgan fingerprint density at radius 2 is 1.88 bits per heavy atom. The number of aliphatic hydroxyl groups is 2. The number of fused-ring (bicyclic) bond motifs is 1. The third kappa shape index (κ3) is 6.55. The van der Waals surface area contributed by atoms with Gasteiger partial charge in [-0.05, 0) is 62.5 Å². The number of hydrogen-bond acceptors (Lipinski definition) is 7. The first-order valence-corrected chi connectivity index (χ1v) is 13.5. The number of carbonyl (C=O) groups excluding carboxylic acids is 2. The van der Waals surface area contributed by atoms with Crippen LogP contribution in [0.5, 0.6) is 0 Å². The van der Waals surface area contributed by atoms with Crippen LogP contribution in [-0.4, -0.2) is 45.3 Å². The third-order valence-corrected chi connectivity index (χ3v) is 8.74. The monoisotopic (exact) mass is 491 g/mol. The molecule has 1 unspecified atom stereocenters. The number of aliphatic hydroxyl groups excluding tert-OH is 2. The molecule has 2 heterocycles. The summed E-state index contributed by atoms with van der Waals surface area (Å²) in [5.41, 5.74) is 0.639. The van der Waals surface area contributed by atoms with Crippen LogP contribution >= 0.6 is 11.3 Å². The van der Waals surface area contributed by atoms with E-state index in [0.717, 1.165) is 48.4 Å². The Labute approximate surface area is 207 Å². The summed E-state index contributed by atoms with van der Waals surface area (Å²) >= 11 is 1.58. The van der Waals surface area contributed by atoms with Crippen molar-refractivity contribution in [3.63, 3.8) is 0 Å². The van der Waals surface area contributed by atoms with E-state index in [1.165, 1.54) is 0 Å². The molecule has 3 rings (SSSR count). The van der Waals surface area contributed by atoms with Crippen molar-refractivity contribution in [3.05, 3.63) is 21.7 Å². The molecule has 2 N–H and O–H groups in total. The molecular formula is C27H41NO5S. The van der Waals surface area contributed by atoms with Crippen LogP contribution in [0, 0.1) is 36.0 Å². The summed E-state index contributed by atoms with van der Waals surface area (Å²) in [6.45, 7) is 10.9. The number of aryl methyl sites for hydroxylation is 1. The van der Waals surface area contributed by atoms with E-state index in [4.69, 9.17) is 4.74 Å². The average Bonchev–Trinajstić information content (AvgIpc) is 3.38. The zero-order chi connectivity index (χ0) is 25.2. The molecule has 2 aliphatic rings. The van der Waals surface area contributed by atoms with Crippen molar-refractivity contribution in [2.45, 2.75) is 98.4 Å². The lowest BCUT2D eigenvalue weighted by Crippen LogP contribution is -2.45. The molecule has 0 bridgehead atoms. The number of nitrogens with zero attached hydrogens (tertiary/aromatic N) is 1. The third-order valence-electron chi connectivity index (χ3n) is 7.95. The molecule has 1 aliphatic heterocycles. The van der Waals surface area contributed by atoms with E-state index >= 15 is 0 Å². The van der Waals surface area contributed by atoms with Gasteiger partial charge in [-0.1, -0.05) is 40.5 Å². The van der Waals surface area contributed by atoms with Crippen LogP contribution in [0.2, 0.25) is 0 Å². The van der Waals surface area contributed by atoms with Gasteiger partial charge in [-0.25, -0.2) is 4.98 Å². The van der Waals surface area contributed by atoms with E-state index < -0.39 is 29.5 Å². The van der Waals surface area contributed by atoms with E-state index in [9.17, 15) is 19.8 Å². The molecule has 1 aromatic rings. The number of Topliss-reactive ketones (excluding diaryl/α,β-unsaturated/α-hetero) is 1. The normalized spacial score (nSPS) is 36.0. The van der Waals surface area contributed by atoms with E-state index in [-0.39, 0.29) is 24.2 Å². The predicted molar refractivity (Wildman–Crippen MR) is 134 cm³/mol. The second-order valence-corrected chi connectivity index (χ2v) is 12.2. The number of ether oxygens (including phenoxy) is 1. The highest BCUT2D eigenvalue weighted by Crippen LogP contribution is 2.47. The summed E-state index contributed by atoms with van der Waals surface area (Å²) in [4.78, 5) is 30.6.